The lowest BCUT2D eigenvalue weighted by Crippen LogP contribution is -2.56. The van der Waals surface area contributed by atoms with Crippen LogP contribution in [0.15, 0.2) is 53.2 Å². The zero-order chi connectivity index (χ0) is 24.5. The van der Waals surface area contributed by atoms with Crippen molar-refractivity contribution < 1.29 is 14.3 Å². The SMILES string of the molecule is CCCOc1cc(C2=C/C=C\CCC(/C=C(\N)C(=O)N3CC(C)NC(C)C3)=N\2)ccc1OCC. The Hall–Kier alpha value is -3.06. The smallest absolute Gasteiger partial charge is 0.269 e. The van der Waals surface area contributed by atoms with Gasteiger partial charge in [0, 0.05) is 36.4 Å². The molecule has 1 saturated heterocycles. The van der Waals surface area contributed by atoms with Gasteiger partial charge in [0.15, 0.2) is 11.5 Å². The first kappa shape index (κ1) is 25.6. The minimum Gasteiger partial charge on any atom is -0.490 e. The van der Waals surface area contributed by atoms with E-state index in [0.717, 1.165) is 35.6 Å². The molecule has 1 fully saturated rings. The molecule has 7 heteroatoms. The van der Waals surface area contributed by atoms with Crippen molar-refractivity contribution in [2.45, 2.75) is 59.0 Å². The molecule has 0 aliphatic carbocycles. The van der Waals surface area contributed by atoms with Crippen LogP contribution in [0.5, 0.6) is 11.5 Å². The quantitative estimate of drug-likeness (QED) is 0.564. The molecule has 2 aliphatic rings. The van der Waals surface area contributed by atoms with Crippen LogP contribution in [-0.4, -0.2) is 54.9 Å². The van der Waals surface area contributed by atoms with Crippen LogP contribution in [0.2, 0.25) is 0 Å². The molecule has 0 aromatic heterocycles. The Morgan fingerprint density at radius 3 is 2.68 bits per heavy atom. The summed E-state index contributed by atoms with van der Waals surface area (Å²) in [5.74, 6) is 1.29. The highest BCUT2D eigenvalue weighted by Crippen LogP contribution is 2.32. The number of nitrogens with zero attached hydrogens (tertiary/aromatic N) is 2. The Morgan fingerprint density at radius 1 is 1.21 bits per heavy atom. The molecule has 2 atom stereocenters. The van der Waals surface area contributed by atoms with Gasteiger partial charge in [-0.25, -0.2) is 0 Å². The number of nitrogens with two attached hydrogens (primary N) is 1. The van der Waals surface area contributed by atoms with E-state index >= 15 is 0 Å². The summed E-state index contributed by atoms with van der Waals surface area (Å²) in [6.45, 7) is 10.6. The Balaban J connectivity index is 1.87. The molecule has 3 N–H and O–H groups in total. The Bertz CT molecular complexity index is 970. The number of allylic oxidation sites excluding steroid dienone is 4. The summed E-state index contributed by atoms with van der Waals surface area (Å²) in [5.41, 5.74) is 8.98. The molecule has 0 radical (unpaired) electrons. The highest BCUT2D eigenvalue weighted by Gasteiger charge is 2.26. The van der Waals surface area contributed by atoms with Crippen molar-refractivity contribution in [3.8, 4) is 11.5 Å². The van der Waals surface area contributed by atoms with Gasteiger partial charge in [0.1, 0.15) is 0 Å². The maximum absolute atomic E-state index is 13.0. The molecule has 0 spiro atoms. The molecule has 184 valence electrons. The first-order chi connectivity index (χ1) is 16.4. The van der Waals surface area contributed by atoms with Crippen LogP contribution in [0.3, 0.4) is 0 Å². The number of benzene rings is 1. The number of carbonyl (C=O) groups excluding carboxylic acids is 1. The number of nitrogens with one attached hydrogen (secondary N) is 1. The number of rotatable bonds is 8. The van der Waals surface area contributed by atoms with Crippen molar-refractivity contribution in [1.29, 1.82) is 0 Å². The van der Waals surface area contributed by atoms with Crippen LogP contribution in [-0.2, 0) is 4.79 Å². The molecule has 0 saturated carbocycles. The molecule has 7 nitrogen and oxygen atoms in total. The van der Waals surface area contributed by atoms with Crippen LogP contribution >= 0.6 is 0 Å². The minimum absolute atomic E-state index is 0.137. The fourth-order valence-electron chi connectivity index (χ4n) is 4.18. The third kappa shape index (κ3) is 6.97. The van der Waals surface area contributed by atoms with Gasteiger partial charge in [0.2, 0.25) is 0 Å². The minimum atomic E-state index is -0.137. The van der Waals surface area contributed by atoms with E-state index in [1.165, 1.54) is 0 Å². The van der Waals surface area contributed by atoms with Gasteiger partial charge < -0.3 is 25.4 Å². The van der Waals surface area contributed by atoms with Crippen LogP contribution in [0.25, 0.3) is 5.70 Å². The maximum Gasteiger partial charge on any atom is 0.269 e. The summed E-state index contributed by atoms with van der Waals surface area (Å²) in [5, 5.41) is 3.44. The number of aliphatic imine (C=N–C) groups is 1. The number of piperazine rings is 1. The molecule has 1 amide bonds. The van der Waals surface area contributed by atoms with E-state index in [0.29, 0.717) is 38.5 Å². The van der Waals surface area contributed by atoms with Gasteiger partial charge in [-0.05, 0) is 70.4 Å². The first-order valence-corrected chi connectivity index (χ1v) is 12.3. The highest BCUT2D eigenvalue weighted by molar-refractivity contribution is 6.05. The van der Waals surface area contributed by atoms with E-state index in [9.17, 15) is 4.79 Å². The largest absolute Gasteiger partial charge is 0.490 e. The van der Waals surface area contributed by atoms with Crippen LogP contribution < -0.4 is 20.5 Å². The van der Waals surface area contributed by atoms with Crippen molar-refractivity contribution in [2.75, 3.05) is 26.3 Å². The fraction of sp³-hybridized carbons (Fsp3) is 0.481. The molecule has 2 heterocycles. The van der Waals surface area contributed by atoms with E-state index < -0.39 is 0 Å². The normalized spacial score (nSPS) is 25.3. The summed E-state index contributed by atoms with van der Waals surface area (Å²) in [6.07, 6.45) is 10.3. The molecule has 2 unspecified atom stereocenters. The topological polar surface area (TPSA) is 89.2 Å². The summed E-state index contributed by atoms with van der Waals surface area (Å²) in [7, 11) is 0. The Labute approximate surface area is 203 Å². The van der Waals surface area contributed by atoms with Gasteiger partial charge in [0.25, 0.3) is 5.91 Å². The average Bonchev–Trinajstić information content (AvgIpc) is 2.79. The number of amides is 1. The number of hydrogen-bond acceptors (Lipinski definition) is 6. The third-order valence-electron chi connectivity index (χ3n) is 5.64. The summed E-state index contributed by atoms with van der Waals surface area (Å²) in [4.78, 5) is 19.7. The lowest BCUT2D eigenvalue weighted by molar-refractivity contribution is -0.128. The van der Waals surface area contributed by atoms with Crippen molar-refractivity contribution >= 4 is 17.3 Å². The summed E-state index contributed by atoms with van der Waals surface area (Å²) >= 11 is 0. The molecular weight excluding hydrogens is 428 g/mol. The van der Waals surface area contributed by atoms with Crippen molar-refractivity contribution in [3.05, 3.63) is 53.8 Å². The average molecular weight is 467 g/mol. The predicted octanol–water partition coefficient (Wildman–Crippen LogP) is 4.06. The molecular formula is C27H38N4O3. The maximum atomic E-state index is 13.0. The lowest BCUT2D eigenvalue weighted by Gasteiger charge is -2.36. The molecule has 1 aromatic rings. The molecule has 2 aliphatic heterocycles. The standard InChI is InChI=1S/C27H38N4O3/c1-5-14-34-26-15-21(12-13-25(26)33-6-2)24-11-9-7-8-10-22(30-24)16-23(28)27(32)31-17-19(3)29-20(4)18-31/h7,9,11-13,15-16,19-20,29H,5-6,8,10,14,17-18,28H2,1-4H3/b9-7-,23-16-,24-11-,30-22+. The van der Waals surface area contributed by atoms with E-state index in [1.54, 1.807) is 6.08 Å². The van der Waals surface area contributed by atoms with Crippen LogP contribution in [0.4, 0.5) is 0 Å². The number of carbonyl (C=O) groups is 1. The summed E-state index contributed by atoms with van der Waals surface area (Å²) < 4.78 is 11.7. The van der Waals surface area contributed by atoms with Crippen molar-refractivity contribution in [2.24, 2.45) is 10.7 Å². The summed E-state index contributed by atoms with van der Waals surface area (Å²) in [6, 6.07) is 6.34. The van der Waals surface area contributed by atoms with Gasteiger partial charge in [-0.2, -0.15) is 0 Å². The van der Waals surface area contributed by atoms with Crippen LogP contribution in [0.1, 0.15) is 52.5 Å². The third-order valence-corrected chi connectivity index (χ3v) is 5.64. The Morgan fingerprint density at radius 2 is 1.97 bits per heavy atom. The van der Waals surface area contributed by atoms with Gasteiger partial charge in [0.05, 0.1) is 24.6 Å². The Kier molecular flexibility index (Phi) is 9.33. The van der Waals surface area contributed by atoms with Gasteiger partial charge in [-0.1, -0.05) is 19.1 Å². The molecule has 34 heavy (non-hydrogen) atoms. The van der Waals surface area contributed by atoms with Crippen molar-refractivity contribution in [3.63, 3.8) is 0 Å². The van der Waals surface area contributed by atoms with E-state index in [2.05, 4.69) is 32.2 Å². The first-order valence-electron chi connectivity index (χ1n) is 12.3. The van der Waals surface area contributed by atoms with E-state index in [1.807, 2.05) is 42.2 Å². The lowest BCUT2D eigenvalue weighted by atomic mass is 10.1. The highest BCUT2D eigenvalue weighted by atomic mass is 16.5. The molecule has 0 bridgehead atoms. The van der Waals surface area contributed by atoms with Gasteiger partial charge >= 0.3 is 0 Å². The zero-order valence-electron chi connectivity index (χ0n) is 20.8. The zero-order valence-corrected chi connectivity index (χ0v) is 20.8. The number of ether oxygens (including phenoxy) is 2. The van der Waals surface area contributed by atoms with Gasteiger partial charge in [-0.15, -0.1) is 0 Å². The second kappa shape index (κ2) is 12.4. The van der Waals surface area contributed by atoms with Crippen molar-refractivity contribution in [1.82, 2.24) is 10.2 Å². The predicted molar refractivity (Wildman–Crippen MR) is 138 cm³/mol. The fourth-order valence-corrected chi connectivity index (χ4v) is 4.18. The number of hydrogen-bond donors (Lipinski definition) is 2. The molecule has 1 aromatic carbocycles. The van der Waals surface area contributed by atoms with Gasteiger partial charge in [-0.3, -0.25) is 9.79 Å². The van der Waals surface area contributed by atoms with E-state index in [-0.39, 0.29) is 23.7 Å². The monoisotopic (exact) mass is 466 g/mol. The second-order valence-corrected chi connectivity index (χ2v) is 8.84. The van der Waals surface area contributed by atoms with E-state index in [4.69, 9.17) is 20.2 Å². The second-order valence-electron chi connectivity index (χ2n) is 8.84. The molecule has 3 rings (SSSR count). The van der Waals surface area contributed by atoms with Crippen LogP contribution in [0, 0.1) is 0 Å².